The third-order valence-electron chi connectivity index (χ3n) is 6.12. The molecule has 0 radical (unpaired) electrons. The number of methoxy groups -OCH3 is 4. The fourth-order valence-corrected chi connectivity index (χ4v) is 5.10. The average molecular weight is 510 g/mol. The van der Waals surface area contributed by atoms with E-state index < -0.39 is 17.7 Å². The van der Waals surface area contributed by atoms with Gasteiger partial charge >= 0.3 is 0 Å². The molecule has 1 amide bonds. The maximum atomic E-state index is 13.4. The van der Waals surface area contributed by atoms with E-state index in [1.165, 1.54) is 37.6 Å². The molecule has 1 fully saturated rings. The molecule has 4 rings (SSSR count). The van der Waals surface area contributed by atoms with Crippen molar-refractivity contribution >= 4 is 28.8 Å². The van der Waals surface area contributed by atoms with Gasteiger partial charge in [-0.3, -0.25) is 9.59 Å². The van der Waals surface area contributed by atoms with Crippen LogP contribution in [0.15, 0.2) is 53.4 Å². The molecule has 2 aromatic carbocycles. The van der Waals surface area contributed by atoms with Crippen LogP contribution in [0.5, 0.6) is 23.0 Å². The van der Waals surface area contributed by atoms with Crippen molar-refractivity contribution in [2.24, 2.45) is 0 Å². The van der Waals surface area contributed by atoms with Crippen LogP contribution in [0.1, 0.15) is 27.6 Å². The molecular weight excluding hydrogens is 482 g/mol. The summed E-state index contributed by atoms with van der Waals surface area (Å²) in [5, 5.41) is 13.3. The van der Waals surface area contributed by atoms with Crippen LogP contribution in [0.3, 0.4) is 0 Å². The van der Waals surface area contributed by atoms with Crippen molar-refractivity contribution in [3.8, 4) is 23.0 Å². The van der Waals surface area contributed by atoms with Crippen LogP contribution in [0, 0.1) is 6.92 Å². The van der Waals surface area contributed by atoms with E-state index in [-0.39, 0.29) is 17.9 Å². The summed E-state index contributed by atoms with van der Waals surface area (Å²) in [6.45, 7) is 2.03. The molecule has 2 heterocycles. The summed E-state index contributed by atoms with van der Waals surface area (Å²) in [7, 11) is 6.03. The van der Waals surface area contributed by atoms with E-state index in [0.717, 1.165) is 10.4 Å². The first-order valence-electron chi connectivity index (χ1n) is 11.1. The number of rotatable bonds is 8. The predicted molar refractivity (Wildman–Crippen MR) is 136 cm³/mol. The Balaban J connectivity index is 1.94. The van der Waals surface area contributed by atoms with Crippen molar-refractivity contribution in [2.45, 2.75) is 19.5 Å². The molecular formula is C27H27NO7S. The number of aliphatic hydroxyl groups excluding tert-OH is 1. The predicted octanol–water partition coefficient (Wildman–Crippen LogP) is 4.71. The lowest BCUT2D eigenvalue weighted by atomic mass is 9.94. The van der Waals surface area contributed by atoms with Gasteiger partial charge in [-0.1, -0.05) is 6.07 Å². The molecule has 1 aliphatic rings. The van der Waals surface area contributed by atoms with Crippen LogP contribution in [-0.2, 0) is 16.1 Å². The third kappa shape index (κ3) is 4.37. The fraction of sp³-hybridized carbons (Fsp3) is 0.259. The average Bonchev–Trinajstić information content (AvgIpc) is 3.49. The van der Waals surface area contributed by atoms with Gasteiger partial charge in [-0.15, -0.1) is 11.3 Å². The van der Waals surface area contributed by atoms with Crippen molar-refractivity contribution in [2.75, 3.05) is 28.4 Å². The van der Waals surface area contributed by atoms with E-state index in [9.17, 15) is 14.7 Å². The molecule has 9 heteroatoms. The number of carbonyl (C=O) groups excluding carboxylic acids is 2. The van der Waals surface area contributed by atoms with E-state index in [1.54, 1.807) is 37.4 Å². The molecule has 1 saturated heterocycles. The normalized spacial score (nSPS) is 16.8. The zero-order chi connectivity index (χ0) is 26.0. The Kier molecular flexibility index (Phi) is 7.21. The zero-order valence-electron chi connectivity index (χ0n) is 20.7. The molecule has 0 aliphatic carbocycles. The monoisotopic (exact) mass is 509 g/mol. The zero-order valence-corrected chi connectivity index (χ0v) is 21.5. The van der Waals surface area contributed by atoms with Gasteiger partial charge in [-0.2, -0.15) is 0 Å². The first-order valence-corrected chi connectivity index (χ1v) is 12.0. The van der Waals surface area contributed by atoms with E-state index in [0.29, 0.717) is 34.1 Å². The second-order valence-electron chi connectivity index (χ2n) is 8.15. The molecule has 1 N–H and O–H groups in total. The summed E-state index contributed by atoms with van der Waals surface area (Å²) in [4.78, 5) is 29.0. The molecule has 1 atom stereocenters. The Labute approximate surface area is 213 Å². The quantitative estimate of drug-likeness (QED) is 0.267. The summed E-state index contributed by atoms with van der Waals surface area (Å²) >= 11 is 1.48. The molecule has 1 aromatic heterocycles. The smallest absolute Gasteiger partial charge is 0.295 e. The van der Waals surface area contributed by atoms with E-state index in [2.05, 4.69) is 0 Å². The number of ether oxygens (including phenoxy) is 4. The van der Waals surface area contributed by atoms with Gasteiger partial charge in [0.25, 0.3) is 11.7 Å². The number of amides is 1. The number of hydrogen-bond acceptors (Lipinski definition) is 8. The van der Waals surface area contributed by atoms with Crippen LogP contribution < -0.4 is 18.9 Å². The molecule has 0 spiro atoms. The number of likely N-dealkylation sites (tertiary alicyclic amines) is 1. The molecule has 0 saturated carbocycles. The van der Waals surface area contributed by atoms with E-state index in [4.69, 9.17) is 18.9 Å². The number of ketones is 1. The maximum Gasteiger partial charge on any atom is 0.295 e. The Hall–Kier alpha value is -3.98. The second kappa shape index (κ2) is 10.3. The Bertz CT molecular complexity index is 1300. The number of Topliss-reactive ketones (excluding diaryl/α,β-unsaturated/α-hetero) is 1. The first kappa shape index (κ1) is 25.1. The second-order valence-corrected chi connectivity index (χ2v) is 9.18. The number of aryl methyl sites for hydroxylation is 1. The minimum atomic E-state index is -0.886. The highest BCUT2D eigenvalue weighted by Crippen LogP contribution is 2.46. The van der Waals surface area contributed by atoms with Gasteiger partial charge < -0.3 is 29.0 Å². The molecule has 1 aliphatic heterocycles. The minimum Gasteiger partial charge on any atom is -0.507 e. The van der Waals surface area contributed by atoms with E-state index in [1.807, 2.05) is 24.4 Å². The molecule has 8 nitrogen and oxygen atoms in total. The molecule has 1 unspecified atom stereocenters. The van der Waals surface area contributed by atoms with Gasteiger partial charge in [0.1, 0.15) is 11.5 Å². The van der Waals surface area contributed by atoms with Gasteiger partial charge in [-0.05, 0) is 59.8 Å². The highest BCUT2D eigenvalue weighted by atomic mass is 32.1. The first-order chi connectivity index (χ1) is 17.3. The van der Waals surface area contributed by atoms with Crippen molar-refractivity contribution in [1.82, 2.24) is 4.90 Å². The van der Waals surface area contributed by atoms with Crippen LogP contribution >= 0.6 is 11.3 Å². The Morgan fingerprint density at radius 1 is 0.944 bits per heavy atom. The number of nitrogens with zero attached hydrogens (tertiary/aromatic N) is 1. The number of hydrogen-bond donors (Lipinski definition) is 1. The molecule has 36 heavy (non-hydrogen) atoms. The van der Waals surface area contributed by atoms with Gasteiger partial charge in [-0.25, -0.2) is 0 Å². The standard InChI is InChI=1S/C27H27NO7S/c1-15-11-16(8-9-19(15)32-2)24(29)22-23(17-12-20(33-3)26(35-5)21(13-17)34-4)28(27(31)25(22)30)14-18-7-6-10-36-18/h6-13,23,29H,14H2,1-5H3/b24-22+. The molecule has 0 bridgehead atoms. The lowest BCUT2D eigenvalue weighted by Gasteiger charge is -2.26. The highest BCUT2D eigenvalue weighted by Gasteiger charge is 2.46. The van der Waals surface area contributed by atoms with Crippen molar-refractivity contribution in [3.05, 3.63) is 75.0 Å². The highest BCUT2D eigenvalue weighted by molar-refractivity contribution is 7.09. The van der Waals surface area contributed by atoms with Crippen LogP contribution in [0.25, 0.3) is 5.76 Å². The van der Waals surface area contributed by atoms with Crippen LogP contribution in [0.2, 0.25) is 0 Å². The summed E-state index contributed by atoms with van der Waals surface area (Å²) in [5.74, 6) is 0.0232. The van der Waals surface area contributed by atoms with Gasteiger partial charge in [0.2, 0.25) is 5.75 Å². The summed E-state index contributed by atoms with van der Waals surface area (Å²) < 4.78 is 21.8. The Morgan fingerprint density at radius 3 is 2.14 bits per heavy atom. The van der Waals surface area contributed by atoms with Gasteiger partial charge in [0, 0.05) is 10.4 Å². The van der Waals surface area contributed by atoms with Gasteiger partial charge in [0.15, 0.2) is 11.5 Å². The molecule has 3 aromatic rings. The lowest BCUT2D eigenvalue weighted by molar-refractivity contribution is -0.140. The maximum absolute atomic E-state index is 13.4. The van der Waals surface area contributed by atoms with Crippen molar-refractivity contribution in [1.29, 1.82) is 0 Å². The van der Waals surface area contributed by atoms with E-state index >= 15 is 0 Å². The number of benzene rings is 2. The number of carbonyl (C=O) groups is 2. The summed E-state index contributed by atoms with van der Waals surface area (Å²) in [5.41, 5.74) is 1.70. The minimum absolute atomic E-state index is 0.0182. The van der Waals surface area contributed by atoms with Crippen molar-refractivity contribution in [3.63, 3.8) is 0 Å². The SMILES string of the molecule is COc1ccc(/C(O)=C2\C(=O)C(=O)N(Cc3cccs3)C2c2cc(OC)c(OC)c(OC)c2)cc1C. The van der Waals surface area contributed by atoms with Crippen LogP contribution in [-0.4, -0.2) is 50.1 Å². The van der Waals surface area contributed by atoms with Gasteiger partial charge in [0.05, 0.1) is 46.6 Å². The third-order valence-corrected chi connectivity index (χ3v) is 6.98. The fourth-order valence-electron chi connectivity index (χ4n) is 4.40. The lowest BCUT2D eigenvalue weighted by Crippen LogP contribution is -2.29. The Morgan fingerprint density at radius 2 is 1.61 bits per heavy atom. The molecule has 188 valence electrons. The number of thiophene rings is 1. The summed E-state index contributed by atoms with van der Waals surface area (Å²) in [6, 6.07) is 11.3. The largest absolute Gasteiger partial charge is 0.507 e. The summed E-state index contributed by atoms with van der Waals surface area (Å²) in [6.07, 6.45) is 0. The van der Waals surface area contributed by atoms with Crippen molar-refractivity contribution < 1.29 is 33.6 Å². The topological polar surface area (TPSA) is 94.5 Å². The number of aliphatic hydroxyl groups is 1. The van der Waals surface area contributed by atoms with Crippen LogP contribution in [0.4, 0.5) is 0 Å².